The number of carbonyl (C=O) groups excluding carboxylic acids is 2. The number of ether oxygens (including phenoxy) is 3. The van der Waals surface area contributed by atoms with Gasteiger partial charge in [-0.25, -0.2) is 14.4 Å². The lowest BCUT2D eigenvalue weighted by Crippen LogP contribution is -2.60. The standard InChI is InChI=1S/C31H34NO8/c1-21-27(39-30(35)37-21)20-36-29(34)40-31(22-10-4-2-5-11-22,23-12-6-3-7-13-23)28(33)38-26-18-24-14-15-25(19-26)32(24)16-8-9-17-32/h2-7,10-13,24-26H,8-9,14-20H2,1H3/q+1. The van der Waals surface area contributed by atoms with Crippen LogP contribution in [0.1, 0.15) is 61.2 Å². The predicted octanol–water partition coefficient (Wildman–Crippen LogP) is 4.99. The highest BCUT2D eigenvalue weighted by molar-refractivity contribution is 5.88. The number of carbonyl (C=O) groups is 2. The van der Waals surface area contributed by atoms with Gasteiger partial charge in [0.15, 0.2) is 18.1 Å². The largest absolute Gasteiger partial charge is 0.519 e. The van der Waals surface area contributed by atoms with Crippen LogP contribution in [0.2, 0.25) is 0 Å². The van der Waals surface area contributed by atoms with Crippen molar-refractivity contribution in [1.29, 1.82) is 0 Å². The molecule has 0 saturated carbocycles. The van der Waals surface area contributed by atoms with Gasteiger partial charge in [0.2, 0.25) is 0 Å². The quantitative estimate of drug-likeness (QED) is 0.301. The number of benzene rings is 2. The van der Waals surface area contributed by atoms with Crippen molar-refractivity contribution >= 4 is 12.1 Å². The fourth-order valence-electron chi connectivity index (χ4n) is 7.23. The van der Waals surface area contributed by atoms with E-state index in [0.29, 0.717) is 23.2 Å². The zero-order chi connectivity index (χ0) is 27.7. The molecule has 0 amide bonds. The highest BCUT2D eigenvalue weighted by atomic mass is 16.7. The van der Waals surface area contributed by atoms with E-state index in [-0.39, 0.29) is 17.6 Å². The van der Waals surface area contributed by atoms with E-state index in [1.807, 2.05) is 12.1 Å². The molecule has 0 aliphatic carbocycles. The van der Waals surface area contributed by atoms with Gasteiger partial charge in [-0.15, -0.1) is 0 Å². The second kappa shape index (κ2) is 10.6. The summed E-state index contributed by atoms with van der Waals surface area (Å²) in [5.41, 5.74) is -1.02. The van der Waals surface area contributed by atoms with Crippen LogP contribution in [0.4, 0.5) is 4.79 Å². The van der Waals surface area contributed by atoms with Crippen LogP contribution in [-0.4, -0.2) is 47.9 Å². The first-order chi connectivity index (χ1) is 19.4. The van der Waals surface area contributed by atoms with E-state index in [1.54, 1.807) is 48.5 Å². The molecular formula is C31H34NO8+. The summed E-state index contributed by atoms with van der Waals surface area (Å²) in [6.45, 7) is 3.58. The molecule has 210 valence electrons. The maximum atomic E-state index is 14.3. The summed E-state index contributed by atoms with van der Waals surface area (Å²) >= 11 is 0. The first-order valence-corrected chi connectivity index (χ1v) is 14.0. The summed E-state index contributed by atoms with van der Waals surface area (Å²) in [6.07, 6.45) is 5.10. The lowest BCUT2D eigenvalue weighted by Gasteiger charge is -2.47. The SMILES string of the molecule is Cc1oc(=O)oc1COC(=O)OC(C(=O)OC1CC2CCC(C1)[N+]21CCCC1)(c1ccccc1)c1ccccc1. The topological polar surface area (TPSA) is 105 Å². The van der Waals surface area contributed by atoms with E-state index in [0.717, 1.165) is 25.7 Å². The predicted molar refractivity (Wildman–Crippen MR) is 142 cm³/mol. The molecule has 2 unspecified atom stereocenters. The Labute approximate surface area is 232 Å². The number of esters is 1. The highest BCUT2D eigenvalue weighted by Gasteiger charge is 2.57. The van der Waals surface area contributed by atoms with Crippen LogP contribution in [-0.2, 0) is 31.2 Å². The molecular weight excluding hydrogens is 514 g/mol. The van der Waals surface area contributed by atoms with Crippen molar-refractivity contribution in [1.82, 2.24) is 0 Å². The monoisotopic (exact) mass is 548 g/mol. The van der Waals surface area contributed by atoms with Crippen molar-refractivity contribution in [3.63, 3.8) is 0 Å². The zero-order valence-corrected chi connectivity index (χ0v) is 22.6. The van der Waals surface area contributed by atoms with Crippen LogP contribution in [0.25, 0.3) is 0 Å². The lowest BCUT2D eigenvalue weighted by molar-refractivity contribution is -0.956. The molecule has 2 aromatic carbocycles. The van der Waals surface area contributed by atoms with E-state index < -0.39 is 30.2 Å². The maximum Gasteiger partial charge on any atom is 0.519 e. The molecule has 0 N–H and O–H groups in total. The summed E-state index contributed by atoms with van der Waals surface area (Å²) < 4.78 is 28.5. The molecule has 3 aliphatic heterocycles. The van der Waals surface area contributed by atoms with Gasteiger partial charge in [-0.2, -0.15) is 0 Å². The third-order valence-corrected chi connectivity index (χ3v) is 9.07. The van der Waals surface area contributed by atoms with Crippen molar-refractivity contribution in [2.45, 2.75) is 75.8 Å². The maximum absolute atomic E-state index is 14.3. The third kappa shape index (κ3) is 4.62. The minimum atomic E-state index is -1.90. The van der Waals surface area contributed by atoms with Crippen LogP contribution in [0.15, 0.2) is 74.3 Å². The molecule has 40 heavy (non-hydrogen) atoms. The molecule has 1 spiro atoms. The first kappa shape index (κ1) is 26.4. The van der Waals surface area contributed by atoms with Crippen molar-refractivity contribution in [3.8, 4) is 0 Å². The molecule has 3 aliphatic rings. The molecule has 6 rings (SSSR count). The molecule has 1 aromatic heterocycles. The summed E-state index contributed by atoms with van der Waals surface area (Å²) in [6, 6.07) is 18.7. The van der Waals surface area contributed by atoms with Crippen LogP contribution in [0, 0.1) is 6.92 Å². The molecule has 9 nitrogen and oxygen atoms in total. The summed E-state index contributed by atoms with van der Waals surface area (Å²) in [5.74, 6) is -1.30. The van der Waals surface area contributed by atoms with E-state index in [4.69, 9.17) is 23.0 Å². The average Bonchev–Trinajstić information content (AvgIpc) is 3.62. The van der Waals surface area contributed by atoms with Crippen molar-refractivity contribution in [2.75, 3.05) is 13.1 Å². The number of nitrogens with zero attached hydrogens (tertiary/aromatic N) is 1. The Bertz CT molecular complexity index is 1350. The molecule has 2 atom stereocenters. The Morgan fingerprint density at radius 1 is 0.900 bits per heavy atom. The highest BCUT2D eigenvalue weighted by Crippen LogP contribution is 2.47. The smallest absolute Gasteiger partial charge is 0.458 e. The number of quaternary nitrogens is 1. The Kier molecular flexibility index (Phi) is 7.00. The number of aryl methyl sites for hydroxylation is 1. The van der Waals surface area contributed by atoms with E-state index >= 15 is 0 Å². The number of rotatable bonds is 7. The molecule has 0 radical (unpaired) electrons. The van der Waals surface area contributed by atoms with E-state index in [9.17, 15) is 14.4 Å². The minimum absolute atomic E-state index is 0.0613. The van der Waals surface area contributed by atoms with Gasteiger partial charge in [-0.3, -0.25) is 0 Å². The normalized spacial score (nSPS) is 23.2. The fraction of sp³-hybridized carbons (Fsp3) is 0.452. The fourth-order valence-corrected chi connectivity index (χ4v) is 7.23. The molecule has 3 aromatic rings. The van der Waals surface area contributed by atoms with Crippen molar-refractivity contribution in [3.05, 3.63) is 93.9 Å². The number of hydrogen-bond donors (Lipinski definition) is 0. The van der Waals surface area contributed by atoms with Gasteiger partial charge in [0.25, 0.3) is 5.60 Å². The molecule has 3 saturated heterocycles. The summed E-state index contributed by atoms with van der Waals surface area (Å²) in [7, 11) is 0. The van der Waals surface area contributed by atoms with Gasteiger partial charge in [0, 0.05) is 49.7 Å². The summed E-state index contributed by atoms with van der Waals surface area (Å²) in [5, 5.41) is 0. The number of hydrogen-bond acceptors (Lipinski definition) is 8. The molecule has 2 bridgehead atoms. The van der Waals surface area contributed by atoms with Gasteiger partial charge in [0.1, 0.15) is 6.10 Å². The number of piperidine rings is 1. The van der Waals surface area contributed by atoms with E-state index in [1.165, 1.54) is 37.3 Å². The van der Waals surface area contributed by atoms with Crippen LogP contribution < -0.4 is 5.82 Å². The Morgan fingerprint density at radius 2 is 1.48 bits per heavy atom. The van der Waals surface area contributed by atoms with Crippen molar-refractivity contribution < 1.29 is 37.1 Å². The van der Waals surface area contributed by atoms with Crippen LogP contribution in [0.5, 0.6) is 0 Å². The zero-order valence-electron chi connectivity index (χ0n) is 22.6. The van der Waals surface area contributed by atoms with Gasteiger partial charge in [-0.05, 0) is 6.92 Å². The average molecular weight is 549 g/mol. The second-order valence-electron chi connectivity index (χ2n) is 11.1. The first-order valence-electron chi connectivity index (χ1n) is 14.0. The Hall–Kier alpha value is -3.85. The molecule has 9 heteroatoms. The van der Waals surface area contributed by atoms with Gasteiger partial charge < -0.3 is 27.5 Å². The molecule has 3 fully saturated rings. The second-order valence-corrected chi connectivity index (χ2v) is 11.1. The minimum Gasteiger partial charge on any atom is -0.458 e. The molecule has 4 heterocycles. The Morgan fingerprint density at radius 3 is 2.00 bits per heavy atom. The van der Waals surface area contributed by atoms with Crippen molar-refractivity contribution in [2.24, 2.45) is 0 Å². The third-order valence-electron chi connectivity index (χ3n) is 9.07. The lowest BCUT2D eigenvalue weighted by atomic mass is 9.85. The van der Waals surface area contributed by atoms with Crippen LogP contribution in [0.3, 0.4) is 0 Å². The van der Waals surface area contributed by atoms with Gasteiger partial charge in [-0.1, -0.05) is 60.7 Å². The van der Waals surface area contributed by atoms with E-state index in [2.05, 4.69) is 0 Å². The Balaban J connectivity index is 1.30. The summed E-state index contributed by atoms with van der Waals surface area (Å²) in [4.78, 5) is 38.9. The van der Waals surface area contributed by atoms with Gasteiger partial charge in [0.05, 0.1) is 25.2 Å². The van der Waals surface area contributed by atoms with Gasteiger partial charge >= 0.3 is 17.9 Å². The van der Waals surface area contributed by atoms with Crippen LogP contribution >= 0.6 is 0 Å².